The lowest BCUT2D eigenvalue weighted by atomic mass is 10.1. The number of aromatic nitrogens is 4. The van der Waals surface area contributed by atoms with Gasteiger partial charge in [0.05, 0.1) is 12.9 Å². The van der Waals surface area contributed by atoms with Crippen LogP contribution < -0.4 is 11.3 Å². The Morgan fingerprint density at radius 2 is 2.38 bits per heavy atom. The lowest BCUT2D eigenvalue weighted by Crippen LogP contribution is -2.40. The Hall–Kier alpha value is -2.04. The van der Waals surface area contributed by atoms with Gasteiger partial charge in [0.2, 0.25) is 5.95 Å². The van der Waals surface area contributed by atoms with Gasteiger partial charge in [-0.05, 0) is 6.92 Å². The van der Waals surface area contributed by atoms with Crippen LogP contribution >= 0.6 is 0 Å². The van der Waals surface area contributed by atoms with Crippen molar-refractivity contribution in [1.29, 1.82) is 0 Å². The summed E-state index contributed by atoms with van der Waals surface area (Å²) in [5, 5.41) is 18.9. The van der Waals surface area contributed by atoms with Crippen molar-refractivity contribution >= 4 is 17.1 Å². The first-order valence-electron chi connectivity index (χ1n) is 6.22. The monoisotopic (exact) mass is 299 g/mol. The molecule has 3 unspecified atom stereocenters. The van der Waals surface area contributed by atoms with Gasteiger partial charge in [-0.3, -0.25) is 14.3 Å². The number of nitrogens with two attached hydrogens (primary N) is 1. The Balaban J connectivity index is 2.19. The first-order valence-corrected chi connectivity index (χ1v) is 6.22. The smallest absolute Gasteiger partial charge is 0.280 e. The van der Waals surface area contributed by atoms with Gasteiger partial charge in [0.15, 0.2) is 23.1 Å². The van der Waals surface area contributed by atoms with Crippen LogP contribution in [-0.4, -0.2) is 54.7 Å². The standard InChI is InChI=1S/C11H14FN5O4/c1-11(7(12)6(19)4(2-18)21-11)17-3-14-5-8(17)15-10(13)16-9(5)20/h3-4,6-7,18-19H,2H2,1H3,(H3,13,15,16,20)/t4-,6?,7?,11?/m1/s1. The zero-order valence-corrected chi connectivity index (χ0v) is 11.0. The fourth-order valence-electron chi connectivity index (χ4n) is 2.53. The molecular formula is C11H14FN5O4. The van der Waals surface area contributed by atoms with Crippen LogP contribution in [0, 0.1) is 0 Å². The summed E-state index contributed by atoms with van der Waals surface area (Å²) in [4.78, 5) is 21.8. The maximum atomic E-state index is 14.4. The molecule has 114 valence electrons. The number of aliphatic hydroxyl groups is 2. The van der Waals surface area contributed by atoms with E-state index in [1.807, 2.05) is 0 Å². The van der Waals surface area contributed by atoms with Crippen LogP contribution in [0.5, 0.6) is 0 Å². The molecule has 1 aliphatic rings. The third-order valence-electron chi connectivity index (χ3n) is 3.67. The van der Waals surface area contributed by atoms with E-state index in [0.29, 0.717) is 0 Å². The Bertz CT molecular complexity index is 746. The van der Waals surface area contributed by atoms with Gasteiger partial charge >= 0.3 is 0 Å². The van der Waals surface area contributed by atoms with Crippen molar-refractivity contribution in [3.63, 3.8) is 0 Å². The van der Waals surface area contributed by atoms with Crippen LogP contribution in [0.4, 0.5) is 10.3 Å². The van der Waals surface area contributed by atoms with E-state index in [1.54, 1.807) is 0 Å². The molecule has 0 saturated carbocycles. The van der Waals surface area contributed by atoms with Gasteiger partial charge in [-0.15, -0.1) is 0 Å². The van der Waals surface area contributed by atoms with Gasteiger partial charge in [0.1, 0.15) is 12.2 Å². The van der Waals surface area contributed by atoms with E-state index in [9.17, 15) is 14.3 Å². The second-order valence-electron chi connectivity index (χ2n) is 5.02. The fourth-order valence-corrected chi connectivity index (χ4v) is 2.53. The SMILES string of the molecule is CC1(n2cnc3c(=O)[nH]c(N)nc32)O[C@H](CO)C(O)C1F. The minimum Gasteiger partial charge on any atom is -0.394 e. The number of imidazole rings is 1. The van der Waals surface area contributed by atoms with Crippen molar-refractivity contribution in [2.45, 2.75) is 31.0 Å². The molecular weight excluding hydrogens is 285 g/mol. The normalized spacial score (nSPS) is 32.9. The lowest BCUT2D eigenvalue weighted by molar-refractivity contribution is -0.118. The number of aromatic amines is 1. The van der Waals surface area contributed by atoms with E-state index in [0.717, 1.165) is 0 Å². The van der Waals surface area contributed by atoms with Crippen molar-refractivity contribution in [3.8, 4) is 0 Å². The van der Waals surface area contributed by atoms with Crippen LogP contribution in [0.25, 0.3) is 11.2 Å². The van der Waals surface area contributed by atoms with Crippen LogP contribution in [0.1, 0.15) is 6.92 Å². The Kier molecular flexibility index (Phi) is 2.97. The van der Waals surface area contributed by atoms with Gasteiger partial charge in [-0.25, -0.2) is 9.37 Å². The molecule has 0 aliphatic carbocycles. The molecule has 21 heavy (non-hydrogen) atoms. The second-order valence-corrected chi connectivity index (χ2v) is 5.02. The molecule has 5 N–H and O–H groups in total. The lowest BCUT2D eigenvalue weighted by Gasteiger charge is -2.28. The average molecular weight is 299 g/mol. The number of hydrogen-bond donors (Lipinski definition) is 4. The van der Waals surface area contributed by atoms with Crippen LogP contribution in [0.15, 0.2) is 11.1 Å². The first-order chi connectivity index (χ1) is 9.88. The highest BCUT2D eigenvalue weighted by molar-refractivity contribution is 5.70. The molecule has 4 atom stereocenters. The molecule has 3 heterocycles. The largest absolute Gasteiger partial charge is 0.394 e. The van der Waals surface area contributed by atoms with E-state index in [-0.39, 0.29) is 17.1 Å². The van der Waals surface area contributed by atoms with E-state index in [2.05, 4.69) is 15.0 Å². The highest BCUT2D eigenvalue weighted by Gasteiger charge is 2.54. The third kappa shape index (κ3) is 1.83. The molecule has 2 aromatic heterocycles. The number of nitrogens with zero attached hydrogens (tertiary/aromatic N) is 3. The Labute approximate surface area is 117 Å². The number of ether oxygens (including phenoxy) is 1. The first kappa shape index (κ1) is 13.9. The summed E-state index contributed by atoms with van der Waals surface area (Å²) in [6, 6.07) is 0. The highest BCUT2D eigenvalue weighted by atomic mass is 19.1. The van der Waals surface area contributed by atoms with Gasteiger partial charge in [0, 0.05) is 0 Å². The highest BCUT2D eigenvalue weighted by Crippen LogP contribution is 2.38. The summed E-state index contributed by atoms with van der Waals surface area (Å²) in [5.74, 6) is -0.148. The number of aliphatic hydroxyl groups excluding tert-OH is 2. The molecule has 0 bridgehead atoms. The molecule has 0 amide bonds. The van der Waals surface area contributed by atoms with Crippen LogP contribution in [-0.2, 0) is 10.5 Å². The number of alkyl halides is 1. The number of nitrogens with one attached hydrogen (secondary N) is 1. The number of halogens is 1. The quantitative estimate of drug-likeness (QED) is 0.527. The number of hydrogen-bond acceptors (Lipinski definition) is 7. The number of anilines is 1. The minimum absolute atomic E-state index is 0.0248. The molecule has 10 heteroatoms. The topological polar surface area (TPSA) is 139 Å². The molecule has 1 fully saturated rings. The van der Waals surface area contributed by atoms with Crippen molar-refractivity contribution in [3.05, 3.63) is 16.7 Å². The van der Waals surface area contributed by atoms with E-state index in [4.69, 9.17) is 15.6 Å². The summed E-state index contributed by atoms with van der Waals surface area (Å²) in [6.45, 7) is 0.830. The zero-order valence-electron chi connectivity index (χ0n) is 11.0. The zero-order chi connectivity index (χ0) is 15.4. The van der Waals surface area contributed by atoms with E-state index >= 15 is 0 Å². The molecule has 0 aromatic carbocycles. The fraction of sp³-hybridized carbons (Fsp3) is 0.545. The van der Waals surface area contributed by atoms with Crippen molar-refractivity contribution in [1.82, 2.24) is 19.5 Å². The van der Waals surface area contributed by atoms with Crippen LogP contribution in [0.2, 0.25) is 0 Å². The summed E-state index contributed by atoms with van der Waals surface area (Å²) in [5.41, 5.74) is 3.27. The van der Waals surface area contributed by atoms with Crippen molar-refractivity contribution in [2.75, 3.05) is 12.3 Å². The Morgan fingerprint density at radius 3 is 3.00 bits per heavy atom. The van der Waals surface area contributed by atoms with Crippen molar-refractivity contribution < 1.29 is 19.3 Å². The molecule has 9 nitrogen and oxygen atoms in total. The molecule has 0 radical (unpaired) electrons. The number of nitrogen functional groups attached to an aromatic ring is 1. The second kappa shape index (κ2) is 4.48. The van der Waals surface area contributed by atoms with E-state index in [1.165, 1.54) is 17.8 Å². The minimum atomic E-state index is -1.84. The summed E-state index contributed by atoms with van der Waals surface area (Å²) in [7, 11) is 0. The van der Waals surface area contributed by atoms with Crippen LogP contribution in [0.3, 0.4) is 0 Å². The molecule has 0 spiro atoms. The van der Waals surface area contributed by atoms with Gasteiger partial charge < -0.3 is 20.7 Å². The molecule has 3 rings (SSSR count). The molecule has 1 saturated heterocycles. The summed E-state index contributed by atoms with van der Waals surface area (Å²) < 4.78 is 21.0. The van der Waals surface area contributed by atoms with Gasteiger partial charge in [-0.2, -0.15) is 4.98 Å². The van der Waals surface area contributed by atoms with Gasteiger partial charge in [0.25, 0.3) is 5.56 Å². The Morgan fingerprint density at radius 1 is 1.67 bits per heavy atom. The summed E-state index contributed by atoms with van der Waals surface area (Å²) >= 11 is 0. The average Bonchev–Trinajstić information content (AvgIpc) is 2.95. The molecule has 2 aromatic rings. The maximum Gasteiger partial charge on any atom is 0.280 e. The molecule has 1 aliphatic heterocycles. The third-order valence-corrected chi connectivity index (χ3v) is 3.67. The predicted molar refractivity (Wildman–Crippen MR) is 69.1 cm³/mol. The van der Waals surface area contributed by atoms with E-state index < -0.39 is 36.3 Å². The number of rotatable bonds is 2. The maximum absolute atomic E-state index is 14.4. The summed E-state index contributed by atoms with van der Waals surface area (Å²) in [6.07, 6.45) is -3.24. The number of H-pyrrole nitrogens is 1. The number of fused-ring (bicyclic) bond motifs is 1. The van der Waals surface area contributed by atoms with Crippen molar-refractivity contribution in [2.24, 2.45) is 0 Å². The predicted octanol–water partition coefficient (Wildman–Crippen LogP) is -1.54. The van der Waals surface area contributed by atoms with Gasteiger partial charge in [-0.1, -0.05) is 0 Å².